The number of aryl methyl sites for hydroxylation is 2. The number of amides is 2. The van der Waals surface area contributed by atoms with Gasteiger partial charge in [-0.15, -0.1) is 0 Å². The summed E-state index contributed by atoms with van der Waals surface area (Å²) < 4.78 is 0. The molecule has 30 heavy (non-hydrogen) atoms. The van der Waals surface area contributed by atoms with E-state index in [0.717, 1.165) is 46.2 Å². The van der Waals surface area contributed by atoms with Crippen molar-refractivity contribution in [3.63, 3.8) is 0 Å². The van der Waals surface area contributed by atoms with Crippen molar-refractivity contribution in [1.82, 2.24) is 10.6 Å². The average molecular weight is 408 g/mol. The van der Waals surface area contributed by atoms with Gasteiger partial charge in [-0.05, 0) is 59.6 Å². The number of nitrogens with two attached hydrogens (primary N) is 2. The molecule has 0 fully saturated rings. The van der Waals surface area contributed by atoms with E-state index in [0.29, 0.717) is 32.3 Å². The molecule has 0 aromatic heterocycles. The number of nitrogens with one attached hydrogen (secondary N) is 3. The Bertz CT molecular complexity index is 891. The predicted molar refractivity (Wildman–Crippen MR) is 117 cm³/mol. The van der Waals surface area contributed by atoms with E-state index in [-0.39, 0.29) is 11.9 Å². The zero-order valence-electron chi connectivity index (χ0n) is 17.2. The summed E-state index contributed by atoms with van der Waals surface area (Å²) in [6.45, 7) is 2.83. The van der Waals surface area contributed by atoms with Crippen molar-refractivity contribution in [1.29, 1.82) is 5.41 Å². The van der Waals surface area contributed by atoms with Gasteiger partial charge < -0.3 is 22.1 Å². The number of hydrogen-bond acceptors (Lipinski definition) is 4. The summed E-state index contributed by atoms with van der Waals surface area (Å²) in [5.74, 6) is 0.0710. The summed E-state index contributed by atoms with van der Waals surface area (Å²) in [4.78, 5) is 21.4. The first-order valence-electron chi connectivity index (χ1n) is 10.1. The number of carbonyl (C=O) groups is 2. The van der Waals surface area contributed by atoms with Crippen LogP contribution in [0.3, 0.4) is 0 Å². The van der Waals surface area contributed by atoms with Crippen LogP contribution in [-0.2, 0) is 40.9 Å². The number of rotatable bonds is 9. The normalized spacial score (nSPS) is 15.1. The van der Waals surface area contributed by atoms with E-state index >= 15 is 0 Å². The summed E-state index contributed by atoms with van der Waals surface area (Å²) >= 11 is 0. The monoisotopic (exact) mass is 407 g/mol. The van der Waals surface area contributed by atoms with Crippen LogP contribution < -0.4 is 22.1 Å². The maximum Gasteiger partial charge on any atom is 0.207 e. The van der Waals surface area contributed by atoms with Crippen molar-refractivity contribution in [3.8, 4) is 0 Å². The molecule has 2 amide bonds. The van der Waals surface area contributed by atoms with Gasteiger partial charge in [0.2, 0.25) is 12.8 Å². The minimum Gasteiger partial charge on any atom is -0.387 e. The summed E-state index contributed by atoms with van der Waals surface area (Å²) in [6, 6.07) is 12.0. The van der Waals surface area contributed by atoms with Gasteiger partial charge in [0.25, 0.3) is 0 Å². The lowest BCUT2D eigenvalue weighted by Gasteiger charge is -2.37. The Labute approximate surface area is 176 Å². The van der Waals surface area contributed by atoms with Crippen LogP contribution in [0.2, 0.25) is 0 Å². The van der Waals surface area contributed by atoms with E-state index in [9.17, 15) is 9.59 Å². The van der Waals surface area contributed by atoms with Crippen molar-refractivity contribution in [3.05, 3.63) is 69.8 Å². The maximum atomic E-state index is 10.7. The molecular formula is C23H29N5O2. The lowest BCUT2D eigenvalue weighted by Crippen LogP contribution is -2.46. The fraction of sp³-hybridized carbons (Fsp3) is 0.348. The molecule has 3 rings (SSSR count). The molecule has 0 bridgehead atoms. The number of hydrogen-bond donors (Lipinski definition) is 5. The Morgan fingerprint density at radius 1 is 1.03 bits per heavy atom. The van der Waals surface area contributed by atoms with Gasteiger partial charge in [0.15, 0.2) is 0 Å². The Hall–Kier alpha value is -3.19. The van der Waals surface area contributed by atoms with Crippen LogP contribution in [-0.4, -0.2) is 24.7 Å². The van der Waals surface area contributed by atoms with Gasteiger partial charge in [0.1, 0.15) is 5.84 Å². The van der Waals surface area contributed by atoms with Crippen molar-refractivity contribution in [2.75, 3.05) is 0 Å². The van der Waals surface area contributed by atoms with E-state index in [1.54, 1.807) is 0 Å². The second kappa shape index (κ2) is 9.09. The minimum absolute atomic E-state index is 0.0710. The van der Waals surface area contributed by atoms with Crippen molar-refractivity contribution >= 4 is 18.7 Å². The molecule has 7 nitrogen and oxygen atoms in total. The molecule has 0 aliphatic heterocycles. The molecule has 0 radical (unpaired) electrons. The Morgan fingerprint density at radius 2 is 1.50 bits per heavy atom. The minimum atomic E-state index is -0.817. The standard InChI is InChI=1S/C23H29N5O2/c1-15(24)10-23(22(25)26)20-6-2-16(11-27-13-29)8-18(20)4-5-19-9-17(12-28-14-30)3-7-21(19)23/h2-3,6-9,13-15H,4-5,10-12,24H2,1H3,(H3,25,26)(H,27,29)(H,28,30)/t15-/m0/s1. The third-order valence-electron chi connectivity index (χ3n) is 5.79. The highest BCUT2D eigenvalue weighted by Gasteiger charge is 2.43. The Balaban J connectivity index is 2.19. The largest absolute Gasteiger partial charge is 0.387 e. The number of carbonyl (C=O) groups excluding carboxylic acids is 2. The van der Waals surface area contributed by atoms with E-state index in [2.05, 4.69) is 22.8 Å². The van der Waals surface area contributed by atoms with Gasteiger partial charge in [-0.2, -0.15) is 0 Å². The fourth-order valence-electron chi connectivity index (χ4n) is 4.60. The van der Waals surface area contributed by atoms with E-state index in [1.165, 1.54) is 0 Å². The van der Waals surface area contributed by atoms with E-state index in [4.69, 9.17) is 16.9 Å². The molecule has 1 aliphatic carbocycles. The molecule has 0 saturated heterocycles. The Morgan fingerprint density at radius 3 is 1.87 bits per heavy atom. The quantitative estimate of drug-likeness (QED) is 0.243. The Kier molecular flexibility index (Phi) is 6.52. The van der Waals surface area contributed by atoms with Crippen LogP contribution in [0, 0.1) is 5.41 Å². The molecular weight excluding hydrogens is 378 g/mol. The molecule has 0 unspecified atom stereocenters. The van der Waals surface area contributed by atoms with Gasteiger partial charge in [-0.3, -0.25) is 15.0 Å². The maximum absolute atomic E-state index is 10.7. The SMILES string of the molecule is C[C@H](N)CC1(C(=N)N)c2ccc(CNC=O)cc2CCc2cc(CNC=O)ccc21. The molecule has 0 spiro atoms. The first kappa shape index (κ1) is 21.5. The van der Waals surface area contributed by atoms with E-state index < -0.39 is 5.41 Å². The molecule has 0 heterocycles. The van der Waals surface area contributed by atoms with Crippen molar-refractivity contribution in [2.45, 2.75) is 50.7 Å². The lowest BCUT2D eigenvalue weighted by molar-refractivity contribution is -0.110. The molecule has 158 valence electrons. The van der Waals surface area contributed by atoms with Crippen LogP contribution in [0.15, 0.2) is 36.4 Å². The fourth-order valence-corrected chi connectivity index (χ4v) is 4.60. The van der Waals surface area contributed by atoms with E-state index in [1.807, 2.05) is 31.2 Å². The molecule has 0 saturated carbocycles. The van der Waals surface area contributed by atoms with Crippen LogP contribution in [0.25, 0.3) is 0 Å². The highest BCUT2D eigenvalue weighted by molar-refractivity contribution is 5.94. The van der Waals surface area contributed by atoms with Crippen molar-refractivity contribution in [2.24, 2.45) is 11.5 Å². The first-order valence-corrected chi connectivity index (χ1v) is 10.1. The van der Waals surface area contributed by atoms with Gasteiger partial charge in [0.05, 0.1) is 5.41 Å². The first-order chi connectivity index (χ1) is 14.4. The van der Waals surface area contributed by atoms with Gasteiger partial charge >= 0.3 is 0 Å². The smallest absolute Gasteiger partial charge is 0.207 e. The third-order valence-corrected chi connectivity index (χ3v) is 5.79. The summed E-state index contributed by atoms with van der Waals surface area (Å²) in [5, 5.41) is 14.0. The zero-order chi connectivity index (χ0) is 21.7. The van der Waals surface area contributed by atoms with Crippen LogP contribution in [0.5, 0.6) is 0 Å². The summed E-state index contributed by atoms with van der Waals surface area (Å²) in [6.07, 6.45) is 3.46. The molecule has 7 N–H and O–H groups in total. The summed E-state index contributed by atoms with van der Waals surface area (Å²) in [7, 11) is 0. The predicted octanol–water partition coefficient (Wildman–Crippen LogP) is 1.24. The third kappa shape index (κ3) is 4.07. The van der Waals surface area contributed by atoms with Crippen LogP contribution in [0.4, 0.5) is 0 Å². The molecule has 2 aromatic carbocycles. The second-order valence-corrected chi connectivity index (χ2v) is 7.98. The number of benzene rings is 2. The molecule has 1 atom stereocenters. The summed E-state index contributed by atoms with van der Waals surface area (Å²) in [5.41, 5.74) is 18.0. The number of fused-ring (bicyclic) bond motifs is 2. The van der Waals surface area contributed by atoms with Crippen LogP contribution >= 0.6 is 0 Å². The van der Waals surface area contributed by atoms with Gasteiger partial charge in [-0.1, -0.05) is 36.4 Å². The second-order valence-electron chi connectivity index (χ2n) is 7.98. The highest BCUT2D eigenvalue weighted by Crippen LogP contribution is 2.43. The van der Waals surface area contributed by atoms with Gasteiger partial charge in [-0.25, -0.2) is 0 Å². The zero-order valence-corrected chi connectivity index (χ0v) is 17.2. The average Bonchev–Trinajstić information content (AvgIpc) is 2.85. The molecule has 1 aliphatic rings. The molecule has 7 heteroatoms. The van der Waals surface area contributed by atoms with Gasteiger partial charge in [0, 0.05) is 19.1 Å². The van der Waals surface area contributed by atoms with Crippen LogP contribution in [0.1, 0.15) is 46.7 Å². The number of amidine groups is 1. The topological polar surface area (TPSA) is 134 Å². The molecule has 2 aromatic rings. The highest BCUT2D eigenvalue weighted by atomic mass is 16.1. The lowest BCUT2D eigenvalue weighted by atomic mass is 9.67. The van der Waals surface area contributed by atoms with Crippen molar-refractivity contribution < 1.29 is 9.59 Å².